The van der Waals surface area contributed by atoms with Crippen LogP contribution in [0.5, 0.6) is 0 Å². The van der Waals surface area contributed by atoms with Crippen molar-refractivity contribution in [3.63, 3.8) is 0 Å². The minimum absolute atomic E-state index is 1.18. The van der Waals surface area contributed by atoms with E-state index in [9.17, 15) is 0 Å². The Kier molecular flexibility index (Phi) is 3.15. The minimum Gasteiger partial charge on any atom is -0.157 e. The molecular formula is C7H10S2. The molecule has 1 aromatic rings. The first kappa shape index (κ1) is 7.16. The second-order valence-corrected chi connectivity index (χ2v) is 3.82. The highest BCUT2D eigenvalue weighted by molar-refractivity contribution is 7.98. The summed E-state index contributed by atoms with van der Waals surface area (Å²) in [4.78, 5) is 0. The smallest absolute Gasteiger partial charge is 0.0192 e. The predicted molar refractivity (Wildman–Crippen MR) is 46.2 cm³/mol. The van der Waals surface area contributed by atoms with Gasteiger partial charge < -0.3 is 0 Å². The Balaban J connectivity index is 2.30. The van der Waals surface area contributed by atoms with E-state index >= 15 is 0 Å². The molecule has 0 unspecified atom stereocenters. The van der Waals surface area contributed by atoms with Crippen LogP contribution >= 0.6 is 23.1 Å². The molecule has 2 heteroatoms. The lowest BCUT2D eigenvalue weighted by Crippen LogP contribution is -1.73. The summed E-state index contributed by atoms with van der Waals surface area (Å²) in [5.41, 5.74) is 1.46. The summed E-state index contributed by atoms with van der Waals surface area (Å²) >= 11 is 3.75. The summed E-state index contributed by atoms with van der Waals surface area (Å²) in [6.45, 7) is 2.19. The van der Waals surface area contributed by atoms with Crippen molar-refractivity contribution in [3.8, 4) is 0 Å². The quantitative estimate of drug-likeness (QED) is 0.651. The third-order valence-corrected chi connectivity index (χ3v) is 2.73. The van der Waals surface area contributed by atoms with Gasteiger partial charge in [-0.05, 0) is 28.1 Å². The lowest BCUT2D eigenvalue weighted by molar-refractivity contribution is 1.43. The van der Waals surface area contributed by atoms with Gasteiger partial charge in [-0.25, -0.2) is 0 Å². The molecule has 1 aromatic heterocycles. The van der Waals surface area contributed by atoms with Crippen LogP contribution in [-0.2, 0) is 5.75 Å². The topological polar surface area (TPSA) is 0 Å². The number of hydrogen-bond acceptors (Lipinski definition) is 2. The van der Waals surface area contributed by atoms with Crippen molar-refractivity contribution in [3.05, 3.63) is 22.4 Å². The van der Waals surface area contributed by atoms with Gasteiger partial charge in [0.2, 0.25) is 0 Å². The molecule has 0 saturated carbocycles. The summed E-state index contributed by atoms with van der Waals surface area (Å²) in [6.07, 6.45) is 0. The lowest BCUT2D eigenvalue weighted by atomic mass is 10.4. The van der Waals surface area contributed by atoms with Crippen LogP contribution in [0.15, 0.2) is 16.8 Å². The molecule has 0 N–H and O–H groups in total. The fourth-order valence-electron chi connectivity index (χ4n) is 0.595. The molecule has 0 bridgehead atoms. The SMILES string of the molecule is CCSCc1ccsc1. The number of rotatable bonds is 3. The molecule has 9 heavy (non-hydrogen) atoms. The van der Waals surface area contributed by atoms with Gasteiger partial charge in [-0.15, -0.1) is 0 Å². The first-order chi connectivity index (χ1) is 4.43. The molecule has 0 amide bonds. The summed E-state index contributed by atoms with van der Waals surface area (Å²) in [7, 11) is 0. The van der Waals surface area contributed by atoms with Crippen molar-refractivity contribution in [2.24, 2.45) is 0 Å². The maximum absolute atomic E-state index is 2.21. The zero-order valence-electron chi connectivity index (χ0n) is 5.46. The zero-order chi connectivity index (χ0) is 6.53. The van der Waals surface area contributed by atoms with E-state index in [2.05, 4.69) is 23.8 Å². The standard InChI is InChI=1S/C7H10S2/c1-2-8-5-7-3-4-9-6-7/h3-4,6H,2,5H2,1H3. The monoisotopic (exact) mass is 158 g/mol. The van der Waals surface area contributed by atoms with Gasteiger partial charge in [0.1, 0.15) is 0 Å². The first-order valence-corrected chi connectivity index (χ1v) is 5.12. The van der Waals surface area contributed by atoms with Gasteiger partial charge in [-0.1, -0.05) is 6.92 Å². The highest BCUT2D eigenvalue weighted by Crippen LogP contribution is 2.13. The second-order valence-electron chi connectivity index (χ2n) is 1.77. The summed E-state index contributed by atoms with van der Waals surface area (Å²) in [5.74, 6) is 2.40. The molecule has 50 valence electrons. The van der Waals surface area contributed by atoms with Crippen molar-refractivity contribution >= 4 is 23.1 Å². The molecule has 0 fully saturated rings. The third kappa shape index (κ3) is 2.41. The molecule has 1 rings (SSSR count). The molecule has 0 spiro atoms. The van der Waals surface area contributed by atoms with Crippen LogP contribution in [0.2, 0.25) is 0 Å². The maximum atomic E-state index is 2.21. The highest BCUT2D eigenvalue weighted by Gasteiger charge is 1.89. The van der Waals surface area contributed by atoms with Crippen LogP contribution in [-0.4, -0.2) is 5.75 Å². The minimum atomic E-state index is 1.18. The molecule has 0 atom stereocenters. The first-order valence-electron chi connectivity index (χ1n) is 3.02. The van der Waals surface area contributed by atoms with Crippen LogP contribution in [0.3, 0.4) is 0 Å². The Hall–Kier alpha value is 0.0500. The fraction of sp³-hybridized carbons (Fsp3) is 0.429. The Labute approximate surface area is 64.3 Å². The van der Waals surface area contributed by atoms with E-state index < -0.39 is 0 Å². The van der Waals surface area contributed by atoms with Crippen LogP contribution in [0, 0.1) is 0 Å². The van der Waals surface area contributed by atoms with E-state index in [0.29, 0.717) is 0 Å². The van der Waals surface area contributed by atoms with Crippen LogP contribution in [0.1, 0.15) is 12.5 Å². The van der Waals surface area contributed by atoms with Crippen LogP contribution in [0.25, 0.3) is 0 Å². The van der Waals surface area contributed by atoms with E-state index in [0.717, 1.165) is 0 Å². The number of thioether (sulfide) groups is 1. The fourth-order valence-corrected chi connectivity index (χ4v) is 1.99. The number of hydrogen-bond donors (Lipinski definition) is 0. The number of thiophene rings is 1. The zero-order valence-corrected chi connectivity index (χ0v) is 7.10. The van der Waals surface area contributed by atoms with Gasteiger partial charge in [0.15, 0.2) is 0 Å². The molecule has 0 saturated heterocycles. The van der Waals surface area contributed by atoms with E-state index in [1.54, 1.807) is 11.3 Å². The summed E-state index contributed by atoms with van der Waals surface area (Å²) < 4.78 is 0. The van der Waals surface area contributed by atoms with E-state index in [1.165, 1.54) is 17.1 Å². The average molecular weight is 158 g/mol. The van der Waals surface area contributed by atoms with Crippen molar-refractivity contribution < 1.29 is 0 Å². The molecular weight excluding hydrogens is 148 g/mol. The molecule has 0 aromatic carbocycles. The van der Waals surface area contributed by atoms with E-state index in [4.69, 9.17) is 0 Å². The van der Waals surface area contributed by atoms with Gasteiger partial charge >= 0.3 is 0 Å². The van der Waals surface area contributed by atoms with Gasteiger partial charge in [-0.2, -0.15) is 23.1 Å². The second kappa shape index (κ2) is 3.96. The Morgan fingerprint density at radius 3 is 3.11 bits per heavy atom. The van der Waals surface area contributed by atoms with Crippen molar-refractivity contribution in [2.45, 2.75) is 12.7 Å². The molecule has 0 nitrogen and oxygen atoms in total. The van der Waals surface area contributed by atoms with Crippen LogP contribution in [0.4, 0.5) is 0 Å². The molecule has 1 heterocycles. The van der Waals surface area contributed by atoms with E-state index in [-0.39, 0.29) is 0 Å². The molecule has 0 aliphatic heterocycles. The van der Waals surface area contributed by atoms with Crippen molar-refractivity contribution in [2.75, 3.05) is 5.75 Å². The average Bonchev–Trinajstić information content (AvgIpc) is 2.34. The van der Waals surface area contributed by atoms with Crippen LogP contribution < -0.4 is 0 Å². The molecule has 0 radical (unpaired) electrons. The lowest BCUT2D eigenvalue weighted by Gasteiger charge is -1.91. The van der Waals surface area contributed by atoms with Gasteiger partial charge in [-0.3, -0.25) is 0 Å². The van der Waals surface area contributed by atoms with Gasteiger partial charge in [0.05, 0.1) is 0 Å². The molecule has 0 aliphatic rings. The largest absolute Gasteiger partial charge is 0.157 e. The summed E-state index contributed by atoms with van der Waals surface area (Å²) in [5, 5.41) is 4.34. The Morgan fingerprint density at radius 1 is 1.67 bits per heavy atom. The Morgan fingerprint density at radius 2 is 2.56 bits per heavy atom. The third-order valence-electron chi connectivity index (χ3n) is 1.05. The van der Waals surface area contributed by atoms with Crippen molar-refractivity contribution in [1.82, 2.24) is 0 Å². The normalized spacial score (nSPS) is 9.89. The van der Waals surface area contributed by atoms with Gasteiger partial charge in [0.25, 0.3) is 0 Å². The predicted octanol–water partition coefficient (Wildman–Crippen LogP) is 3.00. The highest BCUT2D eigenvalue weighted by atomic mass is 32.2. The maximum Gasteiger partial charge on any atom is 0.0192 e. The van der Waals surface area contributed by atoms with Crippen molar-refractivity contribution in [1.29, 1.82) is 0 Å². The molecule has 0 aliphatic carbocycles. The van der Waals surface area contributed by atoms with Gasteiger partial charge in [0, 0.05) is 5.75 Å². The van der Waals surface area contributed by atoms with E-state index in [1.807, 2.05) is 11.8 Å². The Bertz CT molecular complexity index is 144. The summed E-state index contributed by atoms with van der Waals surface area (Å²) in [6, 6.07) is 2.19.